The summed E-state index contributed by atoms with van der Waals surface area (Å²) in [5.41, 5.74) is 1.34. The Morgan fingerprint density at radius 1 is 0.741 bits per heavy atom. The Morgan fingerprint density at radius 3 is 1.78 bits per heavy atom. The van der Waals surface area contributed by atoms with Gasteiger partial charge in [0.15, 0.2) is 0 Å². The summed E-state index contributed by atoms with van der Waals surface area (Å²) in [4.78, 5) is 11.8. The van der Waals surface area contributed by atoms with E-state index in [9.17, 15) is 4.79 Å². The molecule has 1 aromatic rings. The molecule has 3 heteroatoms. The molecule has 0 aliphatic carbocycles. The molecule has 150 valence electrons. The molecule has 0 bridgehead atoms. The molecule has 1 rings (SSSR count). The monoisotopic (exact) mass is 384 g/mol. The third-order valence-electron chi connectivity index (χ3n) is 4.96. The van der Waals surface area contributed by atoms with Crippen molar-refractivity contribution in [2.45, 2.75) is 110 Å². The molecule has 0 atom stereocenters. The Bertz CT molecular complexity index is 462. The van der Waals surface area contributed by atoms with Crippen molar-refractivity contribution in [1.29, 1.82) is 0 Å². The van der Waals surface area contributed by atoms with Crippen molar-refractivity contribution in [3.63, 3.8) is 0 Å². The maximum Gasteiger partial charge on any atom is 1.00 e. The van der Waals surface area contributed by atoms with Crippen molar-refractivity contribution in [3.05, 3.63) is 29.8 Å². The normalized spacial score (nSPS) is 10.4. The van der Waals surface area contributed by atoms with Crippen LogP contribution in [0, 0.1) is 0 Å². The van der Waals surface area contributed by atoms with Crippen LogP contribution in [0.15, 0.2) is 24.3 Å². The molecular weight excluding hydrogens is 343 g/mol. The molecule has 0 aromatic heterocycles. The van der Waals surface area contributed by atoms with Crippen LogP contribution in [0.5, 0.6) is 5.75 Å². The van der Waals surface area contributed by atoms with E-state index in [0.29, 0.717) is 12.2 Å². The predicted molar refractivity (Wildman–Crippen MR) is 113 cm³/mol. The van der Waals surface area contributed by atoms with Gasteiger partial charge in [-0.15, -0.1) is 0 Å². The number of benzene rings is 1. The van der Waals surface area contributed by atoms with Gasteiger partial charge in [0, 0.05) is 6.42 Å². The fourth-order valence-corrected chi connectivity index (χ4v) is 3.24. The van der Waals surface area contributed by atoms with Crippen LogP contribution >= 0.6 is 0 Å². The minimum Gasteiger partial charge on any atom is -1.00 e. The van der Waals surface area contributed by atoms with Gasteiger partial charge in [-0.1, -0.05) is 96.6 Å². The molecule has 27 heavy (non-hydrogen) atoms. The number of carbonyl (C=O) groups excluding carboxylic acids is 1. The van der Waals surface area contributed by atoms with Crippen LogP contribution in [-0.4, -0.2) is 5.97 Å². The van der Waals surface area contributed by atoms with Crippen molar-refractivity contribution >= 4 is 5.97 Å². The number of carbonyl (C=O) groups is 1. The van der Waals surface area contributed by atoms with Crippen molar-refractivity contribution in [2.75, 3.05) is 0 Å². The zero-order chi connectivity index (χ0) is 18.9. The van der Waals surface area contributed by atoms with Crippen LogP contribution in [0.2, 0.25) is 0 Å². The molecule has 0 radical (unpaired) electrons. The average Bonchev–Trinajstić information content (AvgIpc) is 2.65. The first kappa shape index (κ1) is 26.7. The Morgan fingerprint density at radius 2 is 1.22 bits per heavy atom. The Balaban J connectivity index is 0. The number of hydrogen-bond donors (Lipinski definition) is 0. The number of hydrogen-bond acceptors (Lipinski definition) is 2. The number of rotatable bonds is 16. The van der Waals surface area contributed by atoms with E-state index in [1.807, 2.05) is 12.1 Å². The third kappa shape index (κ3) is 15.3. The molecule has 0 saturated carbocycles. The molecule has 0 spiro atoms. The number of esters is 1. The minimum absolute atomic E-state index is 0. The number of ether oxygens (including phenoxy) is 1. The Labute approximate surface area is 191 Å². The first-order valence-electron chi connectivity index (χ1n) is 11.1. The number of aryl methyl sites for hydroxylation is 1. The van der Waals surface area contributed by atoms with Gasteiger partial charge in [0.2, 0.25) is 0 Å². The summed E-state index contributed by atoms with van der Waals surface area (Å²) in [6, 6.07) is 8.08. The largest absolute Gasteiger partial charge is 1.00 e. The maximum absolute atomic E-state index is 11.8. The molecule has 2 nitrogen and oxygen atoms in total. The van der Waals surface area contributed by atoms with Gasteiger partial charge in [0.1, 0.15) is 5.75 Å². The van der Waals surface area contributed by atoms with Crippen molar-refractivity contribution in [3.8, 4) is 5.75 Å². The van der Waals surface area contributed by atoms with Crippen molar-refractivity contribution in [2.24, 2.45) is 0 Å². The van der Waals surface area contributed by atoms with Crippen LogP contribution in [-0.2, 0) is 11.2 Å². The van der Waals surface area contributed by atoms with Gasteiger partial charge in [-0.3, -0.25) is 4.79 Å². The number of unbranched alkanes of at least 4 members (excludes halogenated alkanes) is 11. The summed E-state index contributed by atoms with van der Waals surface area (Å²) in [7, 11) is 0. The van der Waals surface area contributed by atoms with Crippen molar-refractivity contribution in [1.82, 2.24) is 0 Å². The summed E-state index contributed by atoms with van der Waals surface area (Å²) in [6.07, 6.45) is 18.3. The van der Waals surface area contributed by atoms with E-state index >= 15 is 0 Å². The van der Waals surface area contributed by atoms with Gasteiger partial charge < -0.3 is 6.16 Å². The predicted octanol–water partition coefficient (Wildman–Crippen LogP) is 4.75. The Hall–Kier alpha value is -0.310. The zero-order valence-corrected chi connectivity index (χ0v) is 20.2. The van der Waals surface area contributed by atoms with Gasteiger partial charge in [-0.2, -0.15) is 0 Å². The van der Waals surface area contributed by atoms with Gasteiger partial charge in [-0.05, 0) is 37.0 Å². The van der Waals surface area contributed by atoms with E-state index in [1.54, 1.807) is 0 Å². The summed E-state index contributed by atoms with van der Waals surface area (Å²) >= 11 is 0. The fraction of sp³-hybridized carbons (Fsp3) is 0.708. The first-order chi connectivity index (χ1) is 12.8. The van der Waals surface area contributed by atoms with Gasteiger partial charge in [0.25, 0.3) is 0 Å². The molecule has 0 N–H and O–H groups in total. The molecule has 0 heterocycles. The van der Waals surface area contributed by atoms with E-state index in [1.165, 1.54) is 76.2 Å². The zero-order valence-electron chi connectivity index (χ0n) is 19.2. The molecule has 0 fully saturated rings. The second-order valence-electron chi connectivity index (χ2n) is 7.51. The van der Waals surface area contributed by atoms with Crippen LogP contribution in [0.3, 0.4) is 0 Å². The summed E-state index contributed by atoms with van der Waals surface area (Å²) in [5, 5.41) is 0. The first-order valence-corrected chi connectivity index (χ1v) is 11.1. The van der Waals surface area contributed by atoms with Gasteiger partial charge in [-0.25, -0.2) is 0 Å². The van der Waals surface area contributed by atoms with Gasteiger partial charge in [0.05, 0.1) is 0 Å². The average molecular weight is 385 g/mol. The van der Waals surface area contributed by atoms with E-state index in [4.69, 9.17) is 4.74 Å². The summed E-state index contributed by atoms with van der Waals surface area (Å²) in [6.45, 7) is 4.47. The molecule has 0 unspecified atom stereocenters. The third-order valence-corrected chi connectivity index (χ3v) is 4.96. The van der Waals surface area contributed by atoms with E-state index < -0.39 is 0 Å². The van der Waals surface area contributed by atoms with E-state index in [2.05, 4.69) is 26.0 Å². The fourth-order valence-electron chi connectivity index (χ4n) is 3.24. The topological polar surface area (TPSA) is 26.3 Å². The minimum atomic E-state index is -0.0997. The van der Waals surface area contributed by atoms with E-state index in [0.717, 1.165) is 19.3 Å². The van der Waals surface area contributed by atoms with Crippen LogP contribution in [0.25, 0.3) is 0 Å². The van der Waals surface area contributed by atoms with Crippen LogP contribution < -0.4 is 34.3 Å². The Kier molecular flexibility index (Phi) is 18.8. The molecule has 0 saturated heterocycles. The standard InChI is InChI=1S/C24H40O2.Na.H/c1-3-5-7-9-10-11-13-14-16-22-18-20-23(21-19-22)26-24(25)17-15-12-8-6-4-2;;/h18-21H,3-17H2,1-2H3;;/q;+1;-1. The second-order valence-corrected chi connectivity index (χ2v) is 7.51. The molecule has 1 aromatic carbocycles. The van der Waals surface area contributed by atoms with Gasteiger partial charge >= 0.3 is 35.5 Å². The molecule has 0 amide bonds. The molecule has 0 aliphatic heterocycles. The quantitative estimate of drug-likeness (QED) is 0.178. The molecule has 0 aliphatic rings. The van der Waals surface area contributed by atoms with Crippen LogP contribution in [0.4, 0.5) is 0 Å². The molecular formula is C24H41NaO2. The smallest absolute Gasteiger partial charge is 1.00 e. The maximum atomic E-state index is 11.8. The summed E-state index contributed by atoms with van der Waals surface area (Å²) in [5.74, 6) is 0.584. The van der Waals surface area contributed by atoms with Crippen molar-refractivity contribution < 1.29 is 40.5 Å². The SMILES string of the molecule is CCCCCCCCCCc1ccc(OC(=O)CCCCCCC)cc1.[H-].[Na+]. The summed E-state index contributed by atoms with van der Waals surface area (Å²) < 4.78 is 5.43. The second kappa shape index (κ2) is 19.0. The van der Waals surface area contributed by atoms with E-state index in [-0.39, 0.29) is 37.0 Å². The van der Waals surface area contributed by atoms with Crippen LogP contribution in [0.1, 0.15) is 111 Å².